The van der Waals surface area contributed by atoms with Gasteiger partial charge in [0, 0.05) is 0 Å². The summed E-state index contributed by atoms with van der Waals surface area (Å²) in [5, 5.41) is 1.99. The summed E-state index contributed by atoms with van der Waals surface area (Å²) in [6, 6.07) is 50.9. The van der Waals surface area contributed by atoms with Crippen LogP contribution in [0.15, 0.2) is 164 Å². The minimum atomic E-state index is -3.04. The number of Topliss-reactive ketones (excluding diaryl/α,β-unsaturated/α-hetero) is 1. The van der Waals surface area contributed by atoms with Crippen LogP contribution in [0.4, 0.5) is 0 Å². The molecule has 2 atom stereocenters. The minimum Gasteiger partial charge on any atom is -0.405 e. The van der Waals surface area contributed by atoms with Crippen molar-refractivity contribution in [3.8, 4) is 0 Å². The fourth-order valence-corrected chi connectivity index (χ4v) is 12.7. The highest BCUT2D eigenvalue weighted by atomic mass is 28.4. The first kappa shape index (κ1) is 34.0. The largest absolute Gasteiger partial charge is 0.405 e. The van der Waals surface area contributed by atoms with Crippen molar-refractivity contribution >= 4 is 30.4 Å². The predicted octanol–water partition coefficient (Wildman–Crippen LogP) is 7.92. The Bertz CT molecular complexity index is 1750. The molecular formula is C44H45NO3Si. The van der Waals surface area contributed by atoms with E-state index in [0.717, 1.165) is 27.1 Å². The van der Waals surface area contributed by atoms with Gasteiger partial charge in [-0.15, -0.1) is 6.58 Å². The van der Waals surface area contributed by atoms with E-state index in [1.807, 2.05) is 71.6 Å². The molecule has 1 amide bonds. The molecule has 1 aliphatic rings. The Balaban J connectivity index is 1.62. The molecule has 0 aliphatic carbocycles. The molecule has 0 saturated carbocycles. The highest BCUT2D eigenvalue weighted by Gasteiger charge is 2.69. The molecule has 1 saturated heterocycles. The highest BCUT2D eigenvalue weighted by molar-refractivity contribution is 6.99. The number of carbonyl (C=O) groups excluding carboxylic acids is 2. The third kappa shape index (κ3) is 5.42. The van der Waals surface area contributed by atoms with Gasteiger partial charge in [0.2, 0.25) is 5.91 Å². The van der Waals surface area contributed by atoms with Gasteiger partial charge in [-0.05, 0) is 45.4 Å². The number of β-lactam (4-membered cyclic amide) rings is 1. The number of hydrogen-bond donors (Lipinski definition) is 0. The minimum absolute atomic E-state index is 0.167. The number of likely N-dealkylation sites (tertiary alicyclic amines) is 1. The number of nitrogens with zero attached hydrogens (tertiary/aromatic N) is 1. The van der Waals surface area contributed by atoms with Gasteiger partial charge in [0.05, 0.1) is 12.6 Å². The molecule has 6 rings (SSSR count). The number of hydrogen-bond acceptors (Lipinski definition) is 3. The Morgan fingerprint density at radius 1 is 0.714 bits per heavy atom. The second kappa shape index (κ2) is 13.6. The molecule has 1 fully saturated rings. The number of allylic oxidation sites excluding steroid dienone is 1. The number of rotatable bonds is 12. The van der Waals surface area contributed by atoms with Crippen molar-refractivity contribution in [2.75, 3.05) is 6.61 Å². The van der Waals surface area contributed by atoms with Gasteiger partial charge in [0.1, 0.15) is 16.7 Å². The maximum absolute atomic E-state index is 15.2. The van der Waals surface area contributed by atoms with Crippen molar-refractivity contribution in [1.29, 1.82) is 0 Å². The van der Waals surface area contributed by atoms with Crippen molar-refractivity contribution in [3.63, 3.8) is 0 Å². The van der Waals surface area contributed by atoms with Gasteiger partial charge in [0.15, 0.2) is 0 Å². The molecule has 5 aromatic rings. The summed E-state index contributed by atoms with van der Waals surface area (Å²) in [7, 11) is -3.04. The molecule has 1 heterocycles. The van der Waals surface area contributed by atoms with E-state index >= 15 is 4.79 Å². The van der Waals surface area contributed by atoms with E-state index in [9.17, 15) is 4.79 Å². The average Bonchev–Trinajstić information content (AvgIpc) is 3.13. The summed E-state index contributed by atoms with van der Waals surface area (Å²) in [4.78, 5) is 31.1. The first-order valence-corrected chi connectivity index (χ1v) is 18.9. The predicted molar refractivity (Wildman–Crippen MR) is 201 cm³/mol. The van der Waals surface area contributed by atoms with E-state index in [0.29, 0.717) is 0 Å². The topological polar surface area (TPSA) is 46.6 Å². The van der Waals surface area contributed by atoms with Gasteiger partial charge in [-0.1, -0.05) is 179 Å². The lowest BCUT2D eigenvalue weighted by Crippen LogP contribution is -2.79. The van der Waals surface area contributed by atoms with Crippen LogP contribution in [0.3, 0.4) is 0 Å². The zero-order valence-electron chi connectivity index (χ0n) is 28.9. The second-order valence-electron chi connectivity index (χ2n) is 14.0. The summed E-state index contributed by atoms with van der Waals surface area (Å²) < 4.78 is 7.56. The van der Waals surface area contributed by atoms with Crippen LogP contribution in [-0.2, 0) is 19.6 Å². The molecule has 0 unspecified atom stereocenters. The summed E-state index contributed by atoms with van der Waals surface area (Å²) in [5.74, 6) is -0.389. The molecule has 248 valence electrons. The Morgan fingerprint density at radius 3 is 1.41 bits per heavy atom. The van der Waals surface area contributed by atoms with Gasteiger partial charge in [0.25, 0.3) is 8.32 Å². The van der Waals surface area contributed by atoms with Crippen molar-refractivity contribution in [1.82, 2.24) is 4.90 Å². The van der Waals surface area contributed by atoms with Crippen LogP contribution in [0.5, 0.6) is 0 Å². The Kier molecular flexibility index (Phi) is 9.43. The van der Waals surface area contributed by atoms with Crippen LogP contribution in [0, 0.1) is 5.41 Å². The lowest BCUT2D eigenvalue weighted by atomic mass is 9.61. The summed E-state index contributed by atoms with van der Waals surface area (Å²) in [5.41, 5.74) is 0.447. The number of amides is 1. The van der Waals surface area contributed by atoms with E-state index in [4.69, 9.17) is 4.43 Å². The first-order valence-electron chi connectivity index (χ1n) is 17.0. The van der Waals surface area contributed by atoms with Crippen LogP contribution < -0.4 is 10.4 Å². The monoisotopic (exact) mass is 663 g/mol. The molecule has 5 aromatic carbocycles. The number of benzene rings is 5. The second-order valence-corrected chi connectivity index (χ2v) is 18.3. The summed E-state index contributed by atoms with van der Waals surface area (Å²) in [6.45, 7) is 12.5. The van der Waals surface area contributed by atoms with Crippen molar-refractivity contribution in [3.05, 3.63) is 181 Å². The lowest BCUT2D eigenvalue weighted by Gasteiger charge is -2.63. The van der Waals surface area contributed by atoms with Crippen LogP contribution in [0.2, 0.25) is 5.04 Å². The highest BCUT2D eigenvalue weighted by Crippen LogP contribution is 2.55. The molecular weight excluding hydrogens is 619 g/mol. The molecule has 0 spiro atoms. The third-order valence-electron chi connectivity index (χ3n) is 10.4. The van der Waals surface area contributed by atoms with Crippen LogP contribution in [-0.4, -0.2) is 37.6 Å². The maximum atomic E-state index is 15.2. The van der Waals surface area contributed by atoms with Crippen LogP contribution in [0.1, 0.15) is 50.8 Å². The van der Waals surface area contributed by atoms with Gasteiger partial charge in [-0.3, -0.25) is 9.59 Å². The van der Waals surface area contributed by atoms with Crippen molar-refractivity contribution in [2.45, 2.75) is 50.7 Å². The van der Waals surface area contributed by atoms with E-state index in [1.54, 1.807) is 13.0 Å². The van der Waals surface area contributed by atoms with Crippen molar-refractivity contribution < 1.29 is 14.0 Å². The number of carbonyl (C=O) groups is 2. The smallest absolute Gasteiger partial charge is 0.261 e. The molecule has 5 heteroatoms. The van der Waals surface area contributed by atoms with E-state index < -0.39 is 25.3 Å². The molecule has 49 heavy (non-hydrogen) atoms. The maximum Gasteiger partial charge on any atom is 0.261 e. The zero-order valence-corrected chi connectivity index (χ0v) is 29.9. The normalized spacial score (nSPS) is 18.1. The summed E-state index contributed by atoms with van der Waals surface area (Å²) in [6.07, 6.45) is 1.93. The molecule has 1 aliphatic heterocycles. The Morgan fingerprint density at radius 2 is 1.08 bits per heavy atom. The Hall–Kier alpha value is -4.84. The molecule has 0 bridgehead atoms. The third-order valence-corrected chi connectivity index (χ3v) is 15.4. The fraction of sp³-hybridized carbons (Fsp3) is 0.227. The van der Waals surface area contributed by atoms with Crippen LogP contribution in [0.25, 0.3) is 0 Å². The Labute approximate surface area is 292 Å². The first-order chi connectivity index (χ1) is 23.7. The van der Waals surface area contributed by atoms with Gasteiger partial charge in [-0.2, -0.15) is 0 Å². The quantitative estimate of drug-likeness (QED) is 0.0448. The number of ketones is 1. The molecule has 0 N–H and O–H groups in total. The zero-order chi connectivity index (χ0) is 34.7. The SMILES string of the molecule is C=CC[C@]1(C(C)=O)C(=O)N(C(c2ccccc2)(c2ccccc2)c2ccccc2)[C@H]1CO[Si](c1ccccc1)(c1ccccc1)C(C)(C)C. The average molecular weight is 664 g/mol. The standard InChI is InChI=1S/C44H45NO3Si/c1-6-32-43(34(2)46)40(33-48-49(42(3,4)5,38-28-18-10-19-29-38)39-30-20-11-21-31-39)45(41(43)47)44(35-22-12-7-13-23-35,36-24-14-8-15-25-36)37-26-16-9-17-27-37/h6-31,40H,1,32-33H2,2-5H3/t40-,43+/m0/s1. The van der Waals surface area contributed by atoms with E-state index in [1.165, 1.54) is 0 Å². The van der Waals surface area contributed by atoms with Gasteiger partial charge in [-0.25, -0.2) is 0 Å². The van der Waals surface area contributed by atoms with Gasteiger partial charge >= 0.3 is 0 Å². The summed E-state index contributed by atoms with van der Waals surface area (Å²) >= 11 is 0. The van der Waals surface area contributed by atoms with Gasteiger partial charge < -0.3 is 9.33 Å². The van der Waals surface area contributed by atoms with Crippen LogP contribution >= 0.6 is 0 Å². The molecule has 0 aromatic heterocycles. The van der Waals surface area contributed by atoms with E-state index in [-0.39, 0.29) is 29.8 Å². The lowest BCUT2D eigenvalue weighted by molar-refractivity contribution is -0.188. The molecule has 4 nitrogen and oxygen atoms in total. The molecule has 0 radical (unpaired) electrons. The van der Waals surface area contributed by atoms with Crippen molar-refractivity contribution in [2.24, 2.45) is 5.41 Å². The fourth-order valence-electron chi connectivity index (χ4n) is 8.16. The van der Waals surface area contributed by atoms with E-state index in [2.05, 4.69) is 112 Å².